The van der Waals surface area contributed by atoms with Gasteiger partial charge in [0.15, 0.2) is 0 Å². The molecule has 7 nitrogen and oxygen atoms in total. The summed E-state index contributed by atoms with van der Waals surface area (Å²) in [6.07, 6.45) is 1.22. The minimum atomic E-state index is -0.557. The van der Waals surface area contributed by atoms with E-state index in [4.69, 9.17) is 9.62 Å². The average Bonchev–Trinajstić information content (AvgIpc) is 2.92. The minimum absolute atomic E-state index is 0.167. The van der Waals surface area contributed by atoms with Gasteiger partial charge in [-0.05, 0) is 25.1 Å². The van der Waals surface area contributed by atoms with Gasteiger partial charge in [0.05, 0.1) is 0 Å². The van der Waals surface area contributed by atoms with Crippen molar-refractivity contribution in [3.63, 3.8) is 0 Å². The second kappa shape index (κ2) is 5.12. The molecule has 0 saturated heterocycles. The monoisotopic (exact) mass is 284 g/mol. The second-order valence-corrected chi connectivity index (χ2v) is 4.50. The maximum atomic E-state index is 11.3. The topological polar surface area (TPSA) is 93.2 Å². The molecule has 0 amide bonds. The fraction of sp³-hybridized carbons (Fsp3) is 0.0714. The van der Waals surface area contributed by atoms with E-state index in [1.807, 2.05) is 31.2 Å². The molecule has 0 spiro atoms. The van der Waals surface area contributed by atoms with Gasteiger partial charge < -0.3 is 14.9 Å². The lowest BCUT2D eigenvalue weighted by atomic mass is 10.1. The molecule has 0 bridgehead atoms. The van der Waals surface area contributed by atoms with Crippen LogP contribution in [-0.4, -0.2) is 20.1 Å². The molecule has 0 unspecified atom stereocenters. The summed E-state index contributed by atoms with van der Waals surface area (Å²) < 4.78 is 5.96. The highest BCUT2D eigenvalue weighted by Gasteiger charge is 2.09. The fourth-order valence-corrected chi connectivity index (χ4v) is 1.76. The molecule has 3 rings (SSSR count). The Morgan fingerprint density at radius 3 is 2.67 bits per heavy atom. The van der Waals surface area contributed by atoms with Crippen molar-refractivity contribution in [3.05, 3.63) is 58.5 Å². The van der Waals surface area contributed by atoms with Crippen LogP contribution >= 0.6 is 0 Å². The van der Waals surface area contributed by atoms with E-state index in [0.29, 0.717) is 16.3 Å². The lowest BCUT2D eigenvalue weighted by Crippen LogP contribution is -2.15. The van der Waals surface area contributed by atoms with Crippen LogP contribution in [0.25, 0.3) is 11.5 Å². The summed E-state index contributed by atoms with van der Waals surface area (Å²) in [6.45, 7) is 1.99. The Labute approximate surface area is 119 Å². The Kier molecular flexibility index (Phi) is 3.15. The molecule has 0 atom stereocenters. The zero-order valence-corrected chi connectivity index (χ0v) is 11.1. The molecule has 3 aromatic rings. The summed E-state index contributed by atoms with van der Waals surface area (Å²) in [7, 11) is 0. The molecular formula is C14H12N4O3. The van der Waals surface area contributed by atoms with Crippen molar-refractivity contribution in [2.75, 3.05) is 5.32 Å². The Morgan fingerprint density at radius 2 is 1.95 bits per heavy atom. The summed E-state index contributed by atoms with van der Waals surface area (Å²) in [6, 6.07) is 10.6. The molecule has 2 aromatic heterocycles. The first-order chi connectivity index (χ1) is 10.1. The van der Waals surface area contributed by atoms with Crippen molar-refractivity contribution in [3.8, 4) is 11.5 Å². The van der Waals surface area contributed by atoms with Crippen LogP contribution in [-0.2, 0) is 0 Å². The van der Waals surface area contributed by atoms with Crippen molar-refractivity contribution in [1.29, 1.82) is 0 Å². The molecule has 2 heterocycles. The highest BCUT2D eigenvalue weighted by atomic mass is 16.5. The van der Waals surface area contributed by atoms with Crippen LogP contribution in [0.4, 0.5) is 11.7 Å². The Balaban J connectivity index is 1.83. The number of aryl methyl sites for hydroxylation is 1. The van der Waals surface area contributed by atoms with Crippen molar-refractivity contribution in [2.24, 2.45) is 0 Å². The number of rotatable bonds is 3. The zero-order valence-electron chi connectivity index (χ0n) is 11.1. The minimum Gasteiger partial charge on any atom is -0.425 e. The van der Waals surface area contributed by atoms with E-state index in [1.165, 1.54) is 18.3 Å². The molecule has 0 saturated carbocycles. The van der Waals surface area contributed by atoms with Gasteiger partial charge in [0.25, 0.3) is 5.56 Å². The Bertz CT molecular complexity index is 821. The van der Waals surface area contributed by atoms with Crippen LogP contribution in [0.15, 0.2) is 51.8 Å². The number of benzene rings is 1. The van der Waals surface area contributed by atoms with Gasteiger partial charge in [-0.1, -0.05) is 22.8 Å². The van der Waals surface area contributed by atoms with Crippen LogP contribution in [0.2, 0.25) is 0 Å². The van der Waals surface area contributed by atoms with Gasteiger partial charge in [0, 0.05) is 23.5 Å². The van der Waals surface area contributed by atoms with Gasteiger partial charge in [0.2, 0.25) is 5.89 Å². The van der Waals surface area contributed by atoms with E-state index in [0.717, 1.165) is 11.1 Å². The molecule has 0 aliphatic heterocycles. The van der Waals surface area contributed by atoms with E-state index >= 15 is 0 Å². The molecule has 0 fully saturated rings. The highest BCUT2D eigenvalue weighted by molar-refractivity contribution is 5.56. The Morgan fingerprint density at radius 1 is 1.19 bits per heavy atom. The predicted molar refractivity (Wildman–Crippen MR) is 75.6 cm³/mol. The number of anilines is 2. The predicted octanol–water partition coefficient (Wildman–Crippen LogP) is 2.19. The number of hydrogen-bond acceptors (Lipinski definition) is 6. The SMILES string of the molecule is Cc1ccc(-c2nnc(Nc3ccn(O)c(=O)c3)o2)cc1. The first-order valence-electron chi connectivity index (χ1n) is 6.21. The summed E-state index contributed by atoms with van der Waals surface area (Å²) in [5, 5.41) is 19.7. The van der Waals surface area contributed by atoms with E-state index in [2.05, 4.69) is 15.5 Å². The first kappa shape index (κ1) is 12.9. The lowest BCUT2D eigenvalue weighted by Gasteiger charge is -2.01. The quantitative estimate of drug-likeness (QED) is 0.716. The van der Waals surface area contributed by atoms with Gasteiger partial charge in [-0.15, -0.1) is 5.10 Å². The number of aromatic nitrogens is 3. The molecule has 21 heavy (non-hydrogen) atoms. The number of nitrogens with zero attached hydrogens (tertiary/aromatic N) is 3. The van der Waals surface area contributed by atoms with Crippen molar-refractivity contribution < 1.29 is 9.62 Å². The molecule has 7 heteroatoms. The number of hydrogen-bond donors (Lipinski definition) is 2. The van der Waals surface area contributed by atoms with Crippen LogP contribution < -0.4 is 10.9 Å². The third-order valence-corrected chi connectivity index (χ3v) is 2.87. The maximum absolute atomic E-state index is 11.3. The first-order valence-corrected chi connectivity index (χ1v) is 6.21. The summed E-state index contributed by atoms with van der Waals surface area (Å²) in [4.78, 5) is 11.3. The number of pyridine rings is 1. The van der Waals surface area contributed by atoms with Gasteiger partial charge in [-0.2, -0.15) is 4.73 Å². The highest BCUT2D eigenvalue weighted by Crippen LogP contribution is 2.21. The molecule has 1 aromatic carbocycles. The average molecular weight is 284 g/mol. The van der Waals surface area contributed by atoms with E-state index in [9.17, 15) is 4.79 Å². The van der Waals surface area contributed by atoms with Crippen molar-refractivity contribution in [2.45, 2.75) is 6.92 Å². The van der Waals surface area contributed by atoms with Crippen LogP contribution in [0.1, 0.15) is 5.56 Å². The van der Waals surface area contributed by atoms with E-state index < -0.39 is 5.56 Å². The molecule has 0 radical (unpaired) electrons. The van der Waals surface area contributed by atoms with Crippen LogP contribution in [0, 0.1) is 6.92 Å². The van der Waals surface area contributed by atoms with Gasteiger partial charge in [-0.3, -0.25) is 4.79 Å². The van der Waals surface area contributed by atoms with Crippen molar-refractivity contribution in [1.82, 2.24) is 14.9 Å². The Hall–Kier alpha value is -3.09. The van der Waals surface area contributed by atoms with Crippen LogP contribution in [0.3, 0.4) is 0 Å². The van der Waals surface area contributed by atoms with E-state index in [-0.39, 0.29) is 6.01 Å². The second-order valence-electron chi connectivity index (χ2n) is 4.50. The molecule has 0 aliphatic carbocycles. The third kappa shape index (κ3) is 2.76. The number of nitrogens with one attached hydrogen (secondary N) is 1. The largest absolute Gasteiger partial charge is 0.425 e. The molecule has 0 aliphatic rings. The molecular weight excluding hydrogens is 272 g/mol. The van der Waals surface area contributed by atoms with Gasteiger partial charge >= 0.3 is 6.01 Å². The molecule has 106 valence electrons. The lowest BCUT2D eigenvalue weighted by molar-refractivity contribution is 0.175. The molecule has 2 N–H and O–H groups in total. The normalized spacial score (nSPS) is 10.5. The zero-order chi connectivity index (χ0) is 14.8. The summed E-state index contributed by atoms with van der Waals surface area (Å²) in [5.41, 5.74) is 1.84. The van der Waals surface area contributed by atoms with Crippen LogP contribution in [0.5, 0.6) is 0 Å². The fourth-order valence-electron chi connectivity index (χ4n) is 1.76. The van der Waals surface area contributed by atoms with E-state index in [1.54, 1.807) is 0 Å². The summed E-state index contributed by atoms with van der Waals surface area (Å²) >= 11 is 0. The smallest absolute Gasteiger partial charge is 0.320 e. The van der Waals surface area contributed by atoms with Crippen molar-refractivity contribution >= 4 is 11.7 Å². The standard InChI is InChI=1S/C14H12N4O3/c1-9-2-4-10(5-3-9)13-16-17-14(21-13)15-11-6-7-18(20)12(19)8-11/h2-8,20H,1H3,(H,15,17). The van der Waals surface area contributed by atoms with Gasteiger partial charge in [-0.25, -0.2) is 0 Å². The van der Waals surface area contributed by atoms with Gasteiger partial charge in [0.1, 0.15) is 0 Å². The maximum Gasteiger partial charge on any atom is 0.320 e. The summed E-state index contributed by atoms with van der Waals surface area (Å²) in [5.74, 6) is 0.382. The third-order valence-electron chi connectivity index (χ3n) is 2.87.